The Kier molecular flexibility index (Phi) is 5.16. The van der Waals surface area contributed by atoms with E-state index in [0.29, 0.717) is 12.8 Å². The molecule has 1 N–H and O–H groups in total. The zero-order valence-electron chi connectivity index (χ0n) is 13.8. The Balaban J connectivity index is 1.68. The van der Waals surface area contributed by atoms with Crippen molar-refractivity contribution in [2.75, 3.05) is 13.2 Å². The molecule has 0 aliphatic carbocycles. The number of nitrogens with zero attached hydrogens (tertiary/aromatic N) is 1. The lowest BCUT2D eigenvalue weighted by molar-refractivity contribution is -0.138. The summed E-state index contributed by atoms with van der Waals surface area (Å²) in [6.07, 6.45) is 0.970. The molecule has 1 aromatic carbocycles. The Morgan fingerprint density at radius 2 is 2.08 bits per heavy atom. The van der Waals surface area contributed by atoms with Gasteiger partial charge in [0.25, 0.3) is 0 Å². The van der Waals surface area contributed by atoms with Gasteiger partial charge in [-0.05, 0) is 24.8 Å². The van der Waals surface area contributed by atoms with Crippen molar-refractivity contribution in [3.8, 4) is 0 Å². The average molecular weight is 333 g/mol. The molecule has 1 aromatic rings. The molecule has 6 nitrogen and oxygen atoms in total. The van der Waals surface area contributed by atoms with E-state index in [4.69, 9.17) is 14.6 Å². The fourth-order valence-electron chi connectivity index (χ4n) is 3.38. The van der Waals surface area contributed by atoms with Crippen LogP contribution < -0.4 is 0 Å². The Labute approximate surface area is 141 Å². The number of carbonyl (C=O) groups excluding carboxylic acids is 2. The molecule has 24 heavy (non-hydrogen) atoms. The third-order valence-corrected chi connectivity index (χ3v) is 4.80. The summed E-state index contributed by atoms with van der Waals surface area (Å²) in [6, 6.07) is 9.46. The molecule has 4 atom stereocenters. The molecule has 0 aromatic heterocycles. The largest absolute Gasteiger partial charge is 0.447 e. The summed E-state index contributed by atoms with van der Waals surface area (Å²) in [6.45, 7) is 1.95. The van der Waals surface area contributed by atoms with Crippen molar-refractivity contribution >= 4 is 12.0 Å². The molecule has 6 heteroatoms. The highest BCUT2D eigenvalue weighted by Gasteiger charge is 2.43. The maximum atomic E-state index is 12.8. The lowest BCUT2D eigenvalue weighted by atomic mass is 9.98. The van der Waals surface area contributed by atoms with Crippen LogP contribution in [0, 0.1) is 5.92 Å². The first-order valence-corrected chi connectivity index (χ1v) is 8.40. The van der Waals surface area contributed by atoms with E-state index in [9.17, 15) is 9.59 Å². The van der Waals surface area contributed by atoms with Crippen LogP contribution in [0.2, 0.25) is 0 Å². The molecule has 2 heterocycles. The van der Waals surface area contributed by atoms with E-state index in [2.05, 4.69) is 0 Å². The summed E-state index contributed by atoms with van der Waals surface area (Å²) in [5.41, 5.74) is 1.06. The number of carbonyl (C=O) groups is 2. The first-order valence-electron chi connectivity index (χ1n) is 8.40. The molecule has 0 saturated carbocycles. The van der Waals surface area contributed by atoms with Crippen molar-refractivity contribution in [1.82, 2.24) is 4.90 Å². The van der Waals surface area contributed by atoms with Crippen molar-refractivity contribution < 1.29 is 24.2 Å². The van der Waals surface area contributed by atoms with Gasteiger partial charge in [-0.15, -0.1) is 0 Å². The Morgan fingerprint density at radius 1 is 1.33 bits per heavy atom. The fraction of sp³-hybridized carbons (Fsp3) is 0.556. The van der Waals surface area contributed by atoms with E-state index >= 15 is 0 Å². The SMILES string of the molecule is C[C@H](C(=O)N1C(=O)OC[C@H]1Cc1ccccc1)[C@@H]1CC[C@@H](CO)O1. The van der Waals surface area contributed by atoms with Crippen molar-refractivity contribution in [3.63, 3.8) is 0 Å². The van der Waals surface area contributed by atoms with Gasteiger partial charge in [-0.25, -0.2) is 9.69 Å². The summed E-state index contributed by atoms with van der Waals surface area (Å²) < 4.78 is 10.8. The molecule has 0 radical (unpaired) electrons. The van der Waals surface area contributed by atoms with Gasteiger partial charge in [-0.1, -0.05) is 37.3 Å². The van der Waals surface area contributed by atoms with Crippen LogP contribution >= 0.6 is 0 Å². The highest BCUT2D eigenvalue weighted by molar-refractivity contribution is 5.95. The number of ether oxygens (including phenoxy) is 2. The van der Waals surface area contributed by atoms with Gasteiger partial charge < -0.3 is 14.6 Å². The van der Waals surface area contributed by atoms with E-state index in [1.165, 1.54) is 4.90 Å². The third-order valence-electron chi connectivity index (χ3n) is 4.80. The molecular formula is C18H23NO5. The lowest BCUT2D eigenvalue weighted by Crippen LogP contribution is -2.45. The molecule has 2 amide bonds. The molecule has 0 unspecified atom stereocenters. The Bertz CT molecular complexity index is 590. The summed E-state index contributed by atoms with van der Waals surface area (Å²) >= 11 is 0. The molecule has 2 aliphatic heterocycles. The number of hydrogen-bond donors (Lipinski definition) is 1. The minimum Gasteiger partial charge on any atom is -0.447 e. The van der Waals surface area contributed by atoms with Crippen LogP contribution in [0.5, 0.6) is 0 Å². The van der Waals surface area contributed by atoms with Gasteiger partial charge in [0, 0.05) is 0 Å². The van der Waals surface area contributed by atoms with Crippen LogP contribution in [0.15, 0.2) is 30.3 Å². The molecule has 130 valence electrons. The van der Waals surface area contributed by atoms with Crippen LogP contribution in [0.25, 0.3) is 0 Å². The van der Waals surface area contributed by atoms with E-state index in [1.54, 1.807) is 6.92 Å². The molecular weight excluding hydrogens is 310 g/mol. The van der Waals surface area contributed by atoms with Crippen molar-refractivity contribution in [1.29, 1.82) is 0 Å². The van der Waals surface area contributed by atoms with Crippen LogP contribution in [-0.4, -0.2) is 53.5 Å². The summed E-state index contributed by atoms with van der Waals surface area (Å²) in [5, 5.41) is 9.17. The third kappa shape index (κ3) is 3.44. The maximum absolute atomic E-state index is 12.8. The number of aliphatic hydroxyl groups is 1. The van der Waals surface area contributed by atoms with Gasteiger partial charge in [-0.3, -0.25) is 4.79 Å². The van der Waals surface area contributed by atoms with Crippen LogP contribution in [0.4, 0.5) is 4.79 Å². The first-order chi connectivity index (χ1) is 11.6. The molecule has 3 rings (SSSR count). The zero-order chi connectivity index (χ0) is 17.1. The van der Waals surface area contributed by atoms with Crippen LogP contribution in [0.1, 0.15) is 25.3 Å². The number of imide groups is 1. The number of hydrogen-bond acceptors (Lipinski definition) is 5. The van der Waals surface area contributed by atoms with E-state index in [-0.39, 0.29) is 37.4 Å². The van der Waals surface area contributed by atoms with Crippen molar-refractivity contribution in [2.24, 2.45) is 5.92 Å². The predicted octanol–water partition coefficient (Wildman–Crippen LogP) is 1.75. The van der Waals surface area contributed by atoms with Crippen LogP contribution in [-0.2, 0) is 20.7 Å². The number of amides is 2. The zero-order valence-corrected chi connectivity index (χ0v) is 13.8. The van der Waals surface area contributed by atoms with Gasteiger partial charge in [0.15, 0.2) is 0 Å². The fourth-order valence-corrected chi connectivity index (χ4v) is 3.38. The second-order valence-electron chi connectivity index (χ2n) is 6.47. The molecule has 2 saturated heterocycles. The van der Waals surface area contributed by atoms with E-state index < -0.39 is 12.0 Å². The minimum absolute atomic E-state index is 0.0419. The number of cyclic esters (lactones) is 1. The molecule has 0 bridgehead atoms. The topological polar surface area (TPSA) is 76.1 Å². The summed E-state index contributed by atoms with van der Waals surface area (Å²) in [5.74, 6) is -0.701. The summed E-state index contributed by atoms with van der Waals surface area (Å²) in [7, 11) is 0. The van der Waals surface area contributed by atoms with Crippen LogP contribution in [0.3, 0.4) is 0 Å². The molecule has 0 spiro atoms. The quantitative estimate of drug-likeness (QED) is 0.888. The lowest BCUT2D eigenvalue weighted by Gasteiger charge is -2.26. The smallest absolute Gasteiger partial charge is 0.416 e. The number of rotatable bonds is 5. The molecule has 2 aliphatic rings. The van der Waals surface area contributed by atoms with Crippen molar-refractivity contribution in [3.05, 3.63) is 35.9 Å². The number of aliphatic hydroxyl groups excluding tert-OH is 1. The van der Waals surface area contributed by atoms with Gasteiger partial charge in [0.2, 0.25) is 5.91 Å². The highest BCUT2D eigenvalue weighted by atomic mass is 16.6. The van der Waals surface area contributed by atoms with Gasteiger partial charge in [-0.2, -0.15) is 0 Å². The van der Waals surface area contributed by atoms with Crippen molar-refractivity contribution in [2.45, 2.75) is 44.4 Å². The van der Waals surface area contributed by atoms with Gasteiger partial charge in [0.1, 0.15) is 6.61 Å². The second kappa shape index (κ2) is 7.32. The van der Waals surface area contributed by atoms with E-state index in [1.807, 2.05) is 30.3 Å². The first kappa shape index (κ1) is 16.9. The Morgan fingerprint density at radius 3 is 2.75 bits per heavy atom. The van der Waals surface area contributed by atoms with Gasteiger partial charge >= 0.3 is 6.09 Å². The predicted molar refractivity (Wildman–Crippen MR) is 86.3 cm³/mol. The van der Waals surface area contributed by atoms with E-state index in [0.717, 1.165) is 12.0 Å². The molecule has 2 fully saturated rings. The second-order valence-corrected chi connectivity index (χ2v) is 6.47. The average Bonchev–Trinajstić information content (AvgIpc) is 3.21. The number of benzene rings is 1. The minimum atomic E-state index is -0.579. The highest BCUT2D eigenvalue weighted by Crippen LogP contribution is 2.28. The van der Waals surface area contributed by atoms with Gasteiger partial charge in [0.05, 0.1) is 30.8 Å². The maximum Gasteiger partial charge on any atom is 0.416 e. The standard InChI is InChI=1S/C18H23NO5/c1-12(16-8-7-15(10-20)24-16)17(21)19-14(11-23-18(19)22)9-13-5-3-2-4-6-13/h2-6,12,14-16,20H,7-11H2,1H3/t12-,14+,15-,16-/m0/s1. The normalized spacial score (nSPS) is 28.0. The summed E-state index contributed by atoms with van der Waals surface area (Å²) in [4.78, 5) is 26.1. The Hall–Kier alpha value is -1.92. The monoisotopic (exact) mass is 333 g/mol.